The van der Waals surface area contributed by atoms with Crippen molar-refractivity contribution in [1.29, 1.82) is 0 Å². The number of nitrogens with one attached hydrogen (secondary N) is 1. The first-order chi connectivity index (χ1) is 9.85. The number of rotatable bonds is 3. The van der Waals surface area contributed by atoms with Gasteiger partial charge in [0.05, 0.1) is 13.7 Å². The van der Waals surface area contributed by atoms with Gasteiger partial charge in [0.1, 0.15) is 12.3 Å². The number of hydrogen-bond donors (Lipinski definition) is 3. The molecule has 1 aliphatic heterocycles. The van der Waals surface area contributed by atoms with Crippen molar-refractivity contribution in [2.45, 2.75) is 31.3 Å². The number of aryl methyl sites for hydroxylation is 1. The molecule has 9 nitrogen and oxygen atoms in total. The van der Waals surface area contributed by atoms with E-state index in [9.17, 15) is 24.6 Å². The number of aromatic amines is 1. The molecule has 3 atom stereocenters. The quantitative estimate of drug-likeness (QED) is 0.552. The van der Waals surface area contributed by atoms with Gasteiger partial charge in [-0.3, -0.25) is 14.3 Å². The maximum atomic E-state index is 11.8. The van der Waals surface area contributed by atoms with E-state index >= 15 is 0 Å². The lowest BCUT2D eigenvalue weighted by atomic mass is 9.98. The summed E-state index contributed by atoms with van der Waals surface area (Å²) in [6, 6.07) is 0. The molecular formula is C12H16N2O7. The van der Waals surface area contributed by atoms with Crippen LogP contribution in [0, 0.1) is 6.92 Å². The second kappa shape index (κ2) is 5.43. The minimum Gasteiger partial charge on any atom is -0.467 e. The molecule has 0 radical (unpaired) electrons. The van der Waals surface area contributed by atoms with Crippen LogP contribution in [-0.4, -0.2) is 51.2 Å². The van der Waals surface area contributed by atoms with Crippen LogP contribution in [0.4, 0.5) is 0 Å². The van der Waals surface area contributed by atoms with Gasteiger partial charge in [0.25, 0.3) is 5.56 Å². The molecular weight excluding hydrogens is 284 g/mol. The molecule has 0 amide bonds. The first-order valence-electron chi connectivity index (χ1n) is 6.23. The maximum Gasteiger partial charge on any atom is 0.343 e. The third-order valence-electron chi connectivity index (χ3n) is 3.53. The summed E-state index contributed by atoms with van der Waals surface area (Å²) < 4.78 is 11.0. The number of aliphatic hydroxyl groups excluding tert-OH is 2. The molecule has 1 saturated heterocycles. The zero-order valence-corrected chi connectivity index (χ0v) is 11.5. The van der Waals surface area contributed by atoms with Crippen LogP contribution in [0.25, 0.3) is 0 Å². The SMILES string of the molecule is COC(=O)[C@]1(CO)O[C@@H](n2cc(C)c(=O)[nH]c2=O)C[C@@H]1O. The van der Waals surface area contributed by atoms with Crippen LogP contribution >= 0.6 is 0 Å². The smallest absolute Gasteiger partial charge is 0.343 e. The van der Waals surface area contributed by atoms with E-state index in [1.165, 1.54) is 13.1 Å². The Kier molecular flexibility index (Phi) is 3.99. The lowest BCUT2D eigenvalue weighted by Crippen LogP contribution is -2.51. The molecule has 116 valence electrons. The number of aliphatic hydroxyl groups is 2. The van der Waals surface area contributed by atoms with Gasteiger partial charge in [-0.15, -0.1) is 0 Å². The van der Waals surface area contributed by atoms with Crippen molar-refractivity contribution in [3.8, 4) is 0 Å². The van der Waals surface area contributed by atoms with Crippen molar-refractivity contribution in [3.63, 3.8) is 0 Å². The minimum atomic E-state index is -1.94. The van der Waals surface area contributed by atoms with Crippen molar-refractivity contribution >= 4 is 5.97 Å². The number of ether oxygens (including phenoxy) is 2. The Balaban J connectivity index is 2.42. The van der Waals surface area contributed by atoms with Crippen LogP contribution in [0.3, 0.4) is 0 Å². The fraction of sp³-hybridized carbons (Fsp3) is 0.583. The third-order valence-corrected chi connectivity index (χ3v) is 3.53. The van der Waals surface area contributed by atoms with Gasteiger partial charge in [0.15, 0.2) is 0 Å². The van der Waals surface area contributed by atoms with E-state index in [-0.39, 0.29) is 12.0 Å². The molecule has 1 fully saturated rings. The predicted molar refractivity (Wildman–Crippen MR) is 68.6 cm³/mol. The maximum absolute atomic E-state index is 11.8. The topological polar surface area (TPSA) is 131 Å². The Morgan fingerprint density at radius 2 is 2.29 bits per heavy atom. The van der Waals surface area contributed by atoms with E-state index in [1.54, 1.807) is 0 Å². The number of aromatic nitrogens is 2. The van der Waals surface area contributed by atoms with E-state index in [1.807, 2.05) is 0 Å². The summed E-state index contributed by atoms with van der Waals surface area (Å²) in [6.07, 6.45) is -1.20. The first-order valence-corrected chi connectivity index (χ1v) is 6.23. The summed E-state index contributed by atoms with van der Waals surface area (Å²) in [5.74, 6) is -0.936. The highest BCUT2D eigenvalue weighted by atomic mass is 16.6. The van der Waals surface area contributed by atoms with Gasteiger partial charge in [0.2, 0.25) is 5.60 Å². The van der Waals surface area contributed by atoms with Gasteiger partial charge in [0, 0.05) is 18.2 Å². The number of carbonyl (C=O) groups is 1. The van der Waals surface area contributed by atoms with Crippen LogP contribution in [0.2, 0.25) is 0 Å². The molecule has 2 heterocycles. The molecule has 0 unspecified atom stereocenters. The highest BCUT2D eigenvalue weighted by Crippen LogP contribution is 2.36. The van der Waals surface area contributed by atoms with Gasteiger partial charge in [-0.05, 0) is 6.92 Å². The van der Waals surface area contributed by atoms with Crippen molar-refractivity contribution in [2.75, 3.05) is 13.7 Å². The van der Waals surface area contributed by atoms with E-state index in [4.69, 9.17) is 4.74 Å². The van der Waals surface area contributed by atoms with E-state index < -0.39 is 41.8 Å². The Labute approximate surface area is 118 Å². The van der Waals surface area contributed by atoms with Crippen molar-refractivity contribution in [1.82, 2.24) is 9.55 Å². The van der Waals surface area contributed by atoms with Gasteiger partial charge in [-0.2, -0.15) is 0 Å². The van der Waals surface area contributed by atoms with Gasteiger partial charge in [-0.25, -0.2) is 9.59 Å². The summed E-state index contributed by atoms with van der Waals surface area (Å²) in [5.41, 5.74) is -2.94. The lowest BCUT2D eigenvalue weighted by Gasteiger charge is -2.26. The van der Waals surface area contributed by atoms with Gasteiger partial charge >= 0.3 is 11.7 Å². The largest absolute Gasteiger partial charge is 0.467 e. The molecule has 0 saturated carbocycles. The van der Waals surface area contributed by atoms with E-state index in [0.717, 1.165) is 11.7 Å². The number of hydrogen-bond acceptors (Lipinski definition) is 7. The van der Waals surface area contributed by atoms with Crippen LogP contribution in [-0.2, 0) is 14.3 Å². The number of carbonyl (C=O) groups excluding carboxylic acids is 1. The van der Waals surface area contributed by atoms with Crippen molar-refractivity contribution in [3.05, 3.63) is 32.6 Å². The average Bonchev–Trinajstić information content (AvgIpc) is 2.79. The average molecular weight is 300 g/mol. The molecule has 0 bridgehead atoms. The number of H-pyrrole nitrogens is 1. The van der Waals surface area contributed by atoms with Crippen molar-refractivity contribution < 1.29 is 24.5 Å². The number of esters is 1. The highest BCUT2D eigenvalue weighted by Gasteiger charge is 2.55. The Bertz CT molecular complexity index is 664. The monoisotopic (exact) mass is 300 g/mol. The molecule has 1 aromatic heterocycles. The summed E-state index contributed by atoms with van der Waals surface area (Å²) >= 11 is 0. The molecule has 0 spiro atoms. The fourth-order valence-corrected chi connectivity index (χ4v) is 2.29. The second-order valence-corrected chi connectivity index (χ2v) is 4.84. The Morgan fingerprint density at radius 1 is 1.62 bits per heavy atom. The third kappa shape index (κ3) is 2.39. The first kappa shape index (κ1) is 15.4. The zero-order chi connectivity index (χ0) is 15.8. The molecule has 0 aromatic carbocycles. The molecule has 9 heteroatoms. The van der Waals surface area contributed by atoms with Crippen LogP contribution in [0.1, 0.15) is 18.2 Å². The van der Waals surface area contributed by atoms with Crippen LogP contribution in [0.5, 0.6) is 0 Å². The van der Waals surface area contributed by atoms with Gasteiger partial charge in [-0.1, -0.05) is 0 Å². The van der Waals surface area contributed by atoms with Gasteiger partial charge < -0.3 is 19.7 Å². The summed E-state index contributed by atoms with van der Waals surface area (Å²) in [6.45, 7) is 0.703. The van der Waals surface area contributed by atoms with Crippen LogP contribution in [0.15, 0.2) is 15.8 Å². The summed E-state index contributed by atoms with van der Waals surface area (Å²) in [5, 5.41) is 19.4. The molecule has 1 aromatic rings. The predicted octanol–water partition coefficient (Wildman–Crippen LogP) is -1.97. The Morgan fingerprint density at radius 3 is 2.86 bits per heavy atom. The standard InChI is InChI=1S/C12H16N2O7/c1-6-4-14(11(19)13-9(6)17)8-3-7(16)12(5-15,21-8)10(18)20-2/h4,7-8,15-16H,3,5H2,1-2H3,(H,13,17,19)/t7-,8+,12+/m0/s1. The normalized spacial score (nSPS) is 28.6. The minimum absolute atomic E-state index is 0.110. The fourth-order valence-electron chi connectivity index (χ4n) is 2.29. The van der Waals surface area contributed by atoms with E-state index in [0.29, 0.717) is 0 Å². The van der Waals surface area contributed by atoms with E-state index in [2.05, 4.69) is 9.72 Å². The molecule has 1 aliphatic rings. The number of nitrogens with zero attached hydrogens (tertiary/aromatic N) is 1. The van der Waals surface area contributed by atoms with Crippen molar-refractivity contribution in [2.24, 2.45) is 0 Å². The second-order valence-electron chi connectivity index (χ2n) is 4.84. The molecule has 2 rings (SSSR count). The molecule has 0 aliphatic carbocycles. The summed E-state index contributed by atoms with van der Waals surface area (Å²) in [4.78, 5) is 37.0. The lowest BCUT2D eigenvalue weighted by molar-refractivity contribution is -0.187. The highest BCUT2D eigenvalue weighted by molar-refractivity contribution is 5.81. The van der Waals surface area contributed by atoms with Crippen LogP contribution < -0.4 is 11.2 Å². The molecule has 3 N–H and O–H groups in total. The zero-order valence-electron chi connectivity index (χ0n) is 11.5. The molecule has 21 heavy (non-hydrogen) atoms. The summed E-state index contributed by atoms with van der Waals surface area (Å²) in [7, 11) is 1.10. The number of methoxy groups -OCH3 is 1. The Hall–Kier alpha value is -1.97.